The second kappa shape index (κ2) is 11.0. The summed E-state index contributed by atoms with van der Waals surface area (Å²) in [4.78, 5) is 42.7. The molecule has 8 atom stereocenters. The molecule has 4 fully saturated rings. The normalized spacial score (nSPS) is 31.7. The van der Waals surface area contributed by atoms with Crippen LogP contribution in [0.5, 0.6) is 0 Å². The third-order valence-corrected chi connectivity index (χ3v) is 9.85. The van der Waals surface area contributed by atoms with Crippen LogP contribution in [0.1, 0.15) is 56.5 Å². The van der Waals surface area contributed by atoms with E-state index in [0.29, 0.717) is 23.2 Å². The van der Waals surface area contributed by atoms with E-state index in [1.54, 1.807) is 30.2 Å². The largest absolute Gasteiger partial charge is 0.478 e. The number of carbonyl (C=O) groups is 2. The number of aliphatic hydroxyl groups is 1. The standard InChI is InChI=1S/C31H39N3O6/c1-17-24-13-23(31(24,3)4)14-25(17)33-29(36)28-27(18(2)35)26(15-32-39)40-34(28)16-19-7-5-8-20(11-19)21-9-6-10-22(12-21)30(37)38/h5-12,17-18,23-28,35H,13-16H2,1-4H3,(H,33,36)(H,37,38)/t17-,18-,23+,24-,25-,26-,27+,28-/m0/s1. The van der Waals surface area contributed by atoms with Crippen LogP contribution in [0.15, 0.2) is 53.7 Å². The van der Waals surface area contributed by atoms with Gasteiger partial charge < -0.3 is 15.5 Å². The van der Waals surface area contributed by atoms with Gasteiger partial charge in [0.15, 0.2) is 0 Å². The number of fused-ring (bicyclic) bond motifs is 2. The van der Waals surface area contributed by atoms with Crippen molar-refractivity contribution < 1.29 is 24.6 Å². The first-order chi connectivity index (χ1) is 19.0. The Labute approximate surface area is 234 Å². The lowest BCUT2D eigenvalue weighted by Crippen LogP contribution is -2.62. The molecule has 40 heavy (non-hydrogen) atoms. The molecule has 4 aliphatic rings. The number of hydroxylamine groups is 2. The summed E-state index contributed by atoms with van der Waals surface area (Å²) in [5.41, 5.74) is 2.92. The third-order valence-electron chi connectivity index (χ3n) is 9.85. The Bertz CT molecular complexity index is 1280. The maximum Gasteiger partial charge on any atom is 0.335 e. The summed E-state index contributed by atoms with van der Waals surface area (Å²) in [5, 5.41) is 28.0. The number of amides is 1. The van der Waals surface area contributed by atoms with Gasteiger partial charge in [0.05, 0.1) is 18.2 Å². The predicted molar refractivity (Wildman–Crippen MR) is 150 cm³/mol. The van der Waals surface area contributed by atoms with Crippen molar-refractivity contribution in [3.05, 3.63) is 64.6 Å². The lowest BCUT2D eigenvalue weighted by Gasteiger charge is -2.62. The maximum atomic E-state index is 13.9. The van der Waals surface area contributed by atoms with Crippen LogP contribution in [0.4, 0.5) is 0 Å². The van der Waals surface area contributed by atoms with Crippen molar-refractivity contribution in [2.75, 3.05) is 6.54 Å². The first kappa shape index (κ1) is 28.4. The van der Waals surface area contributed by atoms with E-state index in [4.69, 9.17) is 4.84 Å². The van der Waals surface area contributed by atoms with Gasteiger partial charge in [-0.1, -0.05) is 56.3 Å². The minimum Gasteiger partial charge on any atom is -0.478 e. The van der Waals surface area contributed by atoms with Crippen LogP contribution in [0.3, 0.4) is 0 Å². The van der Waals surface area contributed by atoms with Crippen LogP contribution in [0.25, 0.3) is 11.1 Å². The van der Waals surface area contributed by atoms with E-state index < -0.39 is 30.1 Å². The maximum absolute atomic E-state index is 13.9. The highest BCUT2D eigenvalue weighted by atomic mass is 16.7. The monoisotopic (exact) mass is 549 g/mol. The summed E-state index contributed by atoms with van der Waals surface area (Å²) in [6.07, 6.45) is 0.516. The molecule has 3 N–H and O–H groups in total. The Morgan fingerprint density at radius 2 is 1.85 bits per heavy atom. The molecule has 0 aromatic heterocycles. The Hall–Kier alpha value is -3.14. The lowest BCUT2D eigenvalue weighted by molar-refractivity contribution is -0.175. The molecule has 0 spiro atoms. The van der Waals surface area contributed by atoms with Gasteiger partial charge in [-0.25, -0.2) is 4.79 Å². The molecule has 3 saturated carbocycles. The first-order valence-corrected chi connectivity index (χ1v) is 14.1. The summed E-state index contributed by atoms with van der Waals surface area (Å²) in [7, 11) is 0. The van der Waals surface area contributed by atoms with Gasteiger partial charge in [0.1, 0.15) is 18.7 Å². The van der Waals surface area contributed by atoms with E-state index in [1.807, 2.05) is 30.3 Å². The Balaban J connectivity index is 1.39. The van der Waals surface area contributed by atoms with E-state index in [0.717, 1.165) is 23.1 Å². The highest BCUT2D eigenvalue weighted by molar-refractivity contribution is 5.89. The molecule has 2 aromatic rings. The number of carbonyl (C=O) groups excluding carboxylic acids is 1. The second-order valence-corrected chi connectivity index (χ2v) is 12.5. The van der Waals surface area contributed by atoms with Crippen molar-refractivity contribution in [1.29, 1.82) is 0 Å². The highest BCUT2D eigenvalue weighted by Crippen LogP contribution is 2.61. The average Bonchev–Trinajstić information content (AvgIpc) is 3.27. The number of hydrogen-bond acceptors (Lipinski definition) is 7. The number of nitrogens with one attached hydrogen (secondary N) is 1. The quantitative estimate of drug-likeness (QED) is 0.393. The number of aromatic carboxylic acids is 1. The Morgan fingerprint density at radius 3 is 2.48 bits per heavy atom. The summed E-state index contributed by atoms with van der Waals surface area (Å²) in [5.74, 6) is -0.343. The van der Waals surface area contributed by atoms with Gasteiger partial charge in [-0.05, 0) is 77.8 Å². The molecule has 0 radical (unpaired) electrons. The van der Waals surface area contributed by atoms with Crippen LogP contribution in [0.2, 0.25) is 0 Å². The van der Waals surface area contributed by atoms with Gasteiger partial charge in [-0.2, -0.15) is 9.97 Å². The van der Waals surface area contributed by atoms with Crippen LogP contribution >= 0.6 is 0 Å². The molecule has 2 bridgehead atoms. The molecule has 2 aromatic carbocycles. The van der Waals surface area contributed by atoms with E-state index in [2.05, 4.69) is 31.3 Å². The van der Waals surface area contributed by atoms with E-state index in [1.165, 1.54) is 6.42 Å². The molecule has 214 valence electrons. The SMILES string of the molecule is C[C@@H]1[C@@H](NC(=O)[C@@H]2[C@H]([C@H](C)O)[C@H](CN=O)ON2Cc2cccc(-c3cccc(C(=O)O)c3)c2)C[C@H]2C[C@@H]1C2(C)C. The van der Waals surface area contributed by atoms with Crippen molar-refractivity contribution in [1.82, 2.24) is 10.4 Å². The van der Waals surface area contributed by atoms with Gasteiger partial charge in [-0.15, -0.1) is 0 Å². The highest BCUT2D eigenvalue weighted by Gasteiger charge is 2.57. The van der Waals surface area contributed by atoms with Crippen molar-refractivity contribution in [2.24, 2.45) is 34.3 Å². The zero-order valence-electron chi connectivity index (χ0n) is 23.5. The number of aliphatic hydroxyl groups excluding tert-OH is 1. The lowest BCUT2D eigenvalue weighted by atomic mass is 9.45. The van der Waals surface area contributed by atoms with Gasteiger partial charge in [0.2, 0.25) is 5.91 Å². The number of benzene rings is 2. The number of hydrogen-bond donors (Lipinski definition) is 3. The van der Waals surface area contributed by atoms with Gasteiger partial charge in [0, 0.05) is 12.0 Å². The second-order valence-electron chi connectivity index (χ2n) is 12.5. The number of rotatable bonds is 9. The fourth-order valence-corrected chi connectivity index (χ4v) is 7.42. The summed E-state index contributed by atoms with van der Waals surface area (Å²) >= 11 is 0. The zero-order valence-corrected chi connectivity index (χ0v) is 23.5. The minimum atomic E-state index is -0.996. The number of nitrogens with zero attached hydrogens (tertiary/aromatic N) is 2. The van der Waals surface area contributed by atoms with Gasteiger partial charge in [-0.3, -0.25) is 9.63 Å². The molecular formula is C31H39N3O6. The number of nitroso groups, excluding NO2 is 1. The third kappa shape index (κ3) is 5.18. The van der Waals surface area contributed by atoms with Crippen molar-refractivity contribution in [3.63, 3.8) is 0 Å². The van der Waals surface area contributed by atoms with Crippen LogP contribution < -0.4 is 5.32 Å². The predicted octanol–water partition coefficient (Wildman–Crippen LogP) is 4.49. The van der Waals surface area contributed by atoms with Crippen molar-refractivity contribution in [3.8, 4) is 11.1 Å². The molecule has 0 unspecified atom stereocenters. The summed E-state index contributed by atoms with van der Waals surface area (Å²) in [6.45, 7) is 8.54. The van der Waals surface area contributed by atoms with Gasteiger partial charge >= 0.3 is 5.97 Å². The molecule has 1 amide bonds. The molecule has 1 heterocycles. The van der Waals surface area contributed by atoms with Crippen LogP contribution in [0, 0.1) is 34.0 Å². The van der Waals surface area contributed by atoms with E-state index >= 15 is 0 Å². The van der Waals surface area contributed by atoms with Crippen LogP contribution in [-0.4, -0.2) is 58.0 Å². The minimum absolute atomic E-state index is 0.0499. The Kier molecular flexibility index (Phi) is 7.83. The van der Waals surface area contributed by atoms with Crippen LogP contribution in [-0.2, 0) is 16.2 Å². The molecule has 9 heteroatoms. The molecule has 9 nitrogen and oxygen atoms in total. The van der Waals surface area contributed by atoms with Crippen molar-refractivity contribution in [2.45, 2.75) is 71.4 Å². The Morgan fingerprint density at radius 1 is 1.15 bits per heavy atom. The summed E-state index contributed by atoms with van der Waals surface area (Å²) in [6, 6.07) is 13.6. The smallest absolute Gasteiger partial charge is 0.335 e. The fourth-order valence-electron chi connectivity index (χ4n) is 7.42. The molecular weight excluding hydrogens is 510 g/mol. The average molecular weight is 550 g/mol. The molecule has 1 aliphatic heterocycles. The zero-order chi connectivity index (χ0) is 28.8. The molecule has 3 aliphatic carbocycles. The molecule has 6 rings (SSSR count). The molecule has 1 saturated heterocycles. The first-order valence-electron chi connectivity index (χ1n) is 14.1. The number of carboxylic acid groups (broad SMARTS) is 1. The number of carboxylic acids is 1. The fraction of sp³-hybridized carbons (Fsp3) is 0.548. The van der Waals surface area contributed by atoms with Crippen molar-refractivity contribution >= 4 is 11.9 Å². The van der Waals surface area contributed by atoms with Gasteiger partial charge in [0.25, 0.3) is 0 Å². The van der Waals surface area contributed by atoms with E-state index in [-0.39, 0.29) is 30.6 Å². The van der Waals surface area contributed by atoms with E-state index in [9.17, 15) is 24.7 Å². The topological polar surface area (TPSA) is 129 Å². The summed E-state index contributed by atoms with van der Waals surface area (Å²) < 4.78 is 0.